The molecule has 0 atom stereocenters. The standard InChI is InChI=1S/C16H17N5O4S/c1-8(22)13-7-19-16(25-13)12-6-18-15-11(2-3-17-15)14(12)20-9-4-10(5-9)21-26(23)24/h2-3,6-7,9-10,26H,4-5H2,1H3,(H2,17,18,20)(H,21,23,24)/t9-,10+. The number of fused-ring (bicyclic) bond motifs is 1. The molecule has 0 spiro atoms. The number of thiol groups is 1. The average Bonchev–Trinajstić information content (AvgIpc) is 3.21. The van der Waals surface area contributed by atoms with Crippen molar-refractivity contribution in [3.05, 3.63) is 30.4 Å². The van der Waals surface area contributed by atoms with Crippen LogP contribution in [0.1, 0.15) is 30.3 Å². The van der Waals surface area contributed by atoms with E-state index >= 15 is 0 Å². The first-order chi connectivity index (χ1) is 12.5. The number of nitrogens with zero attached hydrogens (tertiary/aromatic N) is 2. The molecule has 3 heterocycles. The quantitative estimate of drug-likeness (QED) is 0.379. The van der Waals surface area contributed by atoms with Crippen LogP contribution in [0.5, 0.6) is 0 Å². The van der Waals surface area contributed by atoms with E-state index in [4.69, 9.17) is 4.42 Å². The van der Waals surface area contributed by atoms with E-state index < -0.39 is 10.9 Å². The van der Waals surface area contributed by atoms with E-state index in [1.807, 2.05) is 6.07 Å². The zero-order valence-corrected chi connectivity index (χ0v) is 14.7. The SMILES string of the molecule is CC(=O)c1cnc(-c2cnc3[nH]ccc3c2N[C@H]2C[C@@H](N[SH](=O)=O)C2)o1. The summed E-state index contributed by atoms with van der Waals surface area (Å²) in [6.07, 6.45) is 6.19. The van der Waals surface area contributed by atoms with Crippen molar-refractivity contribution in [1.29, 1.82) is 0 Å². The van der Waals surface area contributed by atoms with Gasteiger partial charge < -0.3 is 14.7 Å². The normalized spacial score (nSPS) is 19.6. The second kappa shape index (κ2) is 6.54. The molecule has 3 aromatic heterocycles. The molecule has 0 saturated heterocycles. The molecule has 4 rings (SSSR count). The van der Waals surface area contributed by atoms with E-state index in [1.165, 1.54) is 13.1 Å². The van der Waals surface area contributed by atoms with Crippen molar-refractivity contribution < 1.29 is 17.6 Å². The van der Waals surface area contributed by atoms with Crippen LogP contribution in [-0.4, -0.2) is 41.2 Å². The molecule has 0 bridgehead atoms. The lowest BCUT2D eigenvalue weighted by atomic mass is 9.87. The van der Waals surface area contributed by atoms with E-state index in [1.54, 1.807) is 12.4 Å². The van der Waals surface area contributed by atoms with Gasteiger partial charge in [-0.15, -0.1) is 0 Å². The van der Waals surface area contributed by atoms with Crippen molar-refractivity contribution in [2.75, 3.05) is 5.32 Å². The molecule has 1 fully saturated rings. The Balaban J connectivity index is 1.65. The van der Waals surface area contributed by atoms with Crippen LogP contribution >= 0.6 is 0 Å². The number of anilines is 1. The van der Waals surface area contributed by atoms with Crippen molar-refractivity contribution >= 4 is 33.4 Å². The zero-order chi connectivity index (χ0) is 18.3. The third-order valence-corrected chi connectivity index (χ3v) is 5.02. The summed E-state index contributed by atoms with van der Waals surface area (Å²) in [6.45, 7) is 1.42. The Bertz CT molecular complexity index is 1040. The molecule has 1 aliphatic carbocycles. The first kappa shape index (κ1) is 16.7. The lowest BCUT2D eigenvalue weighted by Crippen LogP contribution is -2.47. The van der Waals surface area contributed by atoms with Crippen LogP contribution in [0.2, 0.25) is 0 Å². The molecule has 0 aromatic carbocycles. The van der Waals surface area contributed by atoms with Gasteiger partial charge in [-0.3, -0.25) is 4.79 Å². The van der Waals surface area contributed by atoms with E-state index in [2.05, 4.69) is 25.0 Å². The molecule has 26 heavy (non-hydrogen) atoms. The summed E-state index contributed by atoms with van der Waals surface area (Å²) < 4.78 is 29.6. The van der Waals surface area contributed by atoms with Crippen LogP contribution in [0.15, 0.2) is 29.1 Å². The summed E-state index contributed by atoms with van der Waals surface area (Å²) in [4.78, 5) is 23.1. The first-order valence-corrected chi connectivity index (χ1v) is 9.29. The molecule has 9 nitrogen and oxygen atoms in total. The smallest absolute Gasteiger partial charge is 0.230 e. The molecule has 1 saturated carbocycles. The highest BCUT2D eigenvalue weighted by Crippen LogP contribution is 2.36. The van der Waals surface area contributed by atoms with Crippen LogP contribution < -0.4 is 10.0 Å². The number of ketones is 1. The topological polar surface area (TPSA) is 130 Å². The van der Waals surface area contributed by atoms with Gasteiger partial charge in [0, 0.05) is 36.8 Å². The molecule has 3 aromatic rings. The molecule has 3 N–H and O–H groups in total. The maximum atomic E-state index is 11.5. The Labute approximate surface area is 150 Å². The minimum atomic E-state index is -2.59. The predicted octanol–water partition coefficient (Wildman–Crippen LogP) is 1.48. The highest BCUT2D eigenvalue weighted by molar-refractivity contribution is 7.70. The molecule has 0 amide bonds. The van der Waals surface area contributed by atoms with Gasteiger partial charge >= 0.3 is 0 Å². The van der Waals surface area contributed by atoms with Gasteiger partial charge in [-0.05, 0) is 18.9 Å². The Morgan fingerprint density at radius 3 is 2.77 bits per heavy atom. The number of aromatic nitrogens is 3. The number of hydrogen-bond acceptors (Lipinski definition) is 7. The summed E-state index contributed by atoms with van der Waals surface area (Å²) in [7, 11) is -2.59. The van der Waals surface area contributed by atoms with Crippen molar-refractivity contribution in [3.63, 3.8) is 0 Å². The molecule has 0 aliphatic heterocycles. The summed E-state index contributed by atoms with van der Waals surface area (Å²) in [5.74, 6) is 0.297. The van der Waals surface area contributed by atoms with Crippen molar-refractivity contribution in [2.24, 2.45) is 0 Å². The van der Waals surface area contributed by atoms with Gasteiger partial charge in [0.2, 0.25) is 16.8 Å². The minimum absolute atomic E-state index is 0.0494. The molecule has 136 valence electrons. The van der Waals surface area contributed by atoms with Gasteiger partial charge in [-0.25, -0.2) is 23.1 Å². The Hall–Kier alpha value is -2.72. The second-order valence-electron chi connectivity index (χ2n) is 6.27. The van der Waals surface area contributed by atoms with E-state index in [9.17, 15) is 13.2 Å². The fourth-order valence-electron chi connectivity index (χ4n) is 3.08. The summed E-state index contributed by atoms with van der Waals surface area (Å²) in [5, 5.41) is 4.31. The maximum absolute atomic E-state index is 11.5. The summed E-state index contributed by atoms with van der Waals surface area (Å²) >= 11 is 0. The van der Waals surface area contributed by atoms with Crippen LogP contribution in [0.3, 0.4) is 0 Å². The van der Waals surface area contributed by atoms with Gasteiger partial charge in [0.05, 0.1) is 17.4 Å². The number of H-pyrrole nitrogens is 1. The number of hydrogen-bond donors (Lipinski definition) is 4. The van der Waals surface area contributed by atoms with E-state index in [0.29, 0.717) is 29.9 Å². The molecular formula is C16H17N5O4S. The number of Topliss-reactive ketones (excluding diaryl/α,β-unsaturated/α-hetero) is 1. The third-order valence-electron chi connectivity index (χ3n) is 4.44. The Kier molecular flexibility index (Phi) is 4.21. The first-order valence-electron chi connectivity index (χ1n) is 8.11. The Morgan fingerprint density at radius 2 is 2.08 bits per heavy atom. The summed E-state index contributed by atoms with van der Waals surface area (Å²) in [5.41, 5.74) is 2.16. The van der Waals surface area contributed by atoms with Crippen LogP contribution in [0, 0.1) is 0 Å². The molecule has 1 aliphatic rings. The summed E-state index contributed by atoms with van der Waals surface area (Å²) in [6, 6.07) is 1.96. The lowest BCUT2D eigenvalue weighted by molar-refractivity contribution is 0.0988. The molecule has 0 radical (unpaired) electrons. The fourth-order valence-corrected chi connectivity index (χ4v) is 3.59. The molecule has 0 unspecified atom stereocenters. The highest BCUT2D eigenvalue weighted by Gasteiger charge is 2.31. The fraction of sp³-hybridized carbons (Fsp3) is 0.312. The van der Waals surface area contributed by atoms with Crippen LogP contribution in [0.4, 0.5) is 5.69 Å². The lowest BCUT2D eigenvalue weighted by Gasteiger charge is -2.36. The van der Waals surface area contributed by atoms with Crippen LogP contribution in [0.25, 0.3) is 22.5 Å². The van der Waals surface area contributed by atoms with Crippen LogP contribution in [-0.2, 0) is 10.9 Å². The number of nitrogens with one attached hydrogen (secondary N) is 3. The largest absolute Gasteiger partial charge is 0.433 e. The Morgan fingerprint density at radius 1 is 1.27 bits per heavy atom. The van der Waals surface area contributed by atoms with Gasteiger partial charge in [0.1, 0.15) is 5.65 Å². The maximum Gasteiger partial charge on any atom is 0.230 e. The van der Waals surface area contributed by atoms with E-state index in [-0.39, 0.29) is 23.6 Å². The number of carbonyl (C=O) groups is 1. The van der Waals surface area contributed by atoms with Gasteiger partial charge in [-0.1, -0.05) is 0 Å². The number of pyridine rings is 1. The second-order valence-corrected chi connectivity index (χ2v) is 7.04. The zero-order valence-electron chi connectivity index (χ0n) is 13.9. The average molecular weight is 375 g/mol. The molecular weight excluding hydrogens is 358 g/mol. The van der Waals surface area contributed by atoms with Crippen molar-refractivity contribution in [1.82, 2.24) is 19.7 Å². The molecule has 10 heteroatoms. The van der Waals surface area contributed by atoms with Gasteiger partial charge in [-0.2, -0.15) is 0 Å². The number of oxazole rings is 1. The monoisotopic (exact) mass is 375 g/mol. The highest BCUT2D eigenvalue weighted by atomic mass is 32.2. The minimum Gasteiger partial charge on any atom is -0.433 e. The van der Waals surface area contributed by atoms with Gasteiger partial charge in [0.25, 0.3) is 0 Å². The number of aromatic amines is 1. The van der Waals surface area contributed by atoms with Gasteiger partial charge in [0.15, 0.2) is 11.5 Å². The predicted molar refractivity (Wildman–Crippen MR) is 95.5 cm³/mol. The van der Waals surface area contributed by atoms with Crippen molar-refractivity contribution in [3.8, 4) is 11.5 Å². The number of carbonyl (C=O) groups excluding carboxylic acids is 1. The number of rotatable bonds is 6. The third kappa shape index (κ3) is 3.08. The van der Waals surface area contributed by atoms with E-state index in [0.717, 1.165) is 11.1 Å². The van der Waals surface area contributed by atoms with Crippen molar-refractivity contribution in [2.45, 2.75) is 31.8 Å².